The summed E-state index contributed by atoms with van der Waals surface area (Å²) in [4.78, 5) is 0. The fraction of sp³-hybridized carbons (Fsp3) is 0.422. The molecule has 0 saturated heterocycles. The van der Waals surface area contributed by atoms with E-state index in [9.17, 15) is 4.39 Å². The van der Waals surface area contributed by atoms with E-state index in [0.29, 0.717) is 5.92 Å². The van der Waals surface area contributed by atoms with Crippen molar-refractivity contribution in [3.8, 4) is 0 Å². The minimum absolute atomic E-state index is 0. The first-order valence-electron chi connectivity index (χ1n) is 17.7. The second-order valence-electron chi connectivity index (χ2n) is 12.3. The van der Waals surface area contributed by atoms with Crippen molar-refractivity contribution in [2.75, 3.05) is 5.32 Å². The number of hydrogen-bond acceptors (Lipinski definition) is 1. The molecule has 3 rings (SSSR count). The normalized spacial score (nSPS) is 13.2. The first-order chi connectivity index (χ1) is 22.1. The average molecular weight is 747 g/mol. The van der Waals surface area contributed by atoms with Gasteiger partial charge in [0.05, 0.1) is 0 Å². The van der Waals surface area contributed by atoms with Crippen molar-refractivity contribution in [2.24, 2.45) is 11.8 Å². The van der Waals surface area contributed by atoms with Gasteiger partial charge in [-0.05, 0) is 85.1 Å². The smallest absolute Gasteiger partial charge is 0.123 e. The van der Waals surface area contributed by atoms with E-state index in [-0.39, 0.29) is 51.4 Å². The summed E-state index contributed by atoms with van der Waals surface area (Å²) >= 11 is 0. The van der Waals surface area contributed by atoms with Gasteiger partial charge in [-0.2, -0.15) is 12.8 Å². The van der Waals surface area contributed by atoms with Gasteiger partial charge < -0.3 is 24.6 Å². The maximum atomic E-state index is 13.7. The van der Waals surface area contributed by atoms with Gasteiger partial charge in [-0.25, -0.2) is 4.39 Å². The molecule has 1 aliphatic carbocycles. The minimum atomic E-state index is -0.213. The van der Waals surface area contributed by atoms with Crippen LogP contribution in [0.15, 0.2) is 120 Å². The van der Waals surface area contributed by atoms with Crippen molar-refractivity contribution in [3.05, 3.63) is 145 Å². The maximum absolute atomic E-state index is 13.7. The summed E-state index contributed by atoms with van der Waals surface area (Å²) in [5, 5.41) is 3.55. The van der Waals surface area contributed by atoms with Crippen LogP contribution < -0.4 is 5.32 Å². The van der Waals surface area contributed by atoms with E-state index in [1.165, 1.54) is 47.1 Å². The Kier molecular flexibility index (Phi) is 30.6. The van der Waals surface area contributed by atoms with E-state index >= 15 is 0 Å². The van der Waals surface area contributed by atoms with Crippen molar-refractivity contribution in [3.63, 3.8) is 0 Å². The SMILES string of the molecule is C=C(CC)C[CH-]CC(C)CCC.C=C(Nc1ccccc1)C(=C(/C)C(C)C)/C(C1=CC=CCC1)=C(\CC)c1ccc(F)cc1.CC.O.[CH3-].[Y]. The van der Waals surface area contributed by atoms with Crippen molar-refractivity contribution >= 4 is 11.3 Å². The van der Waals surface area contributed by atoms with E-state index < -0.39 is 0 Å². The topological polar surface area (TPSA) is 43.5 Å². The van der Waals surface area contributed by atoms with E-state index in [4.69, 9.17) is 0 Å². The molecular formula is C45H68FNOY-2. The molecule has 49 heavy (non-hydrogen) atoms. The third kappa shape index (κ3) is 18.5. The molecule has 3 N–H and O–H groups in total. The Bertz CT molecular complexity index is 1320. The van der Waals surface area contributed by atoms with Gasteiger partial charge in [0, 0.05) is 49.7 Å². The zero-order valence-corrected chi connectivity index (χ0v) is 35.5. The molecular weight excluding hydrogens is 678 g/mol. The van der Waals surface area contributed by atoms with Gasteiger partial charge in [0.1, 0.15) is 5.82 Å². The van der Waals surface area contributed by atoms with E-state index in [1.807, 2.05) is 44.2 Å². The molecule has 2 aromatic rings. The van der Waals surface area contributed by atoms with Crippen LogP contribution >= 0.6 is 0 Å². The summed E-state index contributed by atoms with van der Waals surface area (Å²) in [6, 6.07) is 17.1. The van der Waals surface area contributed by atoms with Gasteiger partial charge in [0.25, 0.3) is 0 Å². The maximum Gasteiger partial charge on any atom is 0.123 e. The fourth-order valence-corrected chi connectivity index (χ4v) is 5.45. The molecule has 1 aliphatic rings. The van der Waals surface area contributed by atoms with Gasteiger partial charge in [0.2, 0.25) is 0 Å². The van der Waals surface area contributed by atoms with Crippen LogP contribution in [-0.4, -0.2) is 5.48 Å². The quantitative estimate of drug-likeness (QED) is 0.110. The largest absolute Gasteiger partial charge is 0.412 e. The number of benzene rings is 2. The van der Waals surface area contributed by atoms with E-state index in [0.717, 1.165) is 60.5 Å². The molecule has 4 heteroatoms. The van der Waals surface area contributed by atoms with Crippen LogP contribution in [0.4, 0.5) is 10.1 Å². The van der Waals surface area contributed by atoms with Crippen molar-refractivity contribution in [2.45, 2.75) is 114 Å². The van der Waals surface area contributed by atoms with Crippen LogP contribution in [0.1, 0.15) is 119 Å². The number of rotatable bonds is 15. The molecule has 0 bridgehead atoms. The Balaban J connectivity index is -0.00000107. The number of hydrogen-bond donors (Lipinski definition) is 1. The molecule has 0 spiro atoms. The number of nitrogens with one attached hydrogen (secondary N) is 1. The molecule has 0 aliphatic heterocycles. The predicted octanol–water partition coefficient (Wildman–Crippen LogP) is 13.9. The first-order valence-corrected chi connectivity index (χ1v) is 17.7. The molecule has 2 nitrogen and oxygen atoms in total. The molecule has 0 heterocycles. The van der Waals surface area contributed by atoms with Gasteiger partial charge in [0.15, 0.2) is 0 Å². The van der Waals surface area contributed by atoms with Gasteiger partial charge in [-0.15, -0.1) is 12.2 Å². The van der Waals surface area contributed by atoms with Crippen LogP contribution in [0.3, 0.4) is 0 Å². The Hall–Kier alpha value is -2.33. The molecule has 0 amide bonds. The van der Waals surface area contributed by atoms with Gasteiger partial charge >= 0.3 is 0 Å². The fourth-order valence-electron chi connectivity index (χ4n) is 5.45. The van der Waals surface area contributed by atoms with Crippen molar-refractivity contribution < 1.29 is 42.6 Å². The Labute approximate surface area is 327 Å². The summed E-state index contributed by atoms with van der Waals surface area (Å²) in [5.41, 5.74) is 10.5. The van der Waals surface area contributed by atoms with Crippen LogP contribution in [0, 0.1) is 31.5 Å². The molecule has 0 fully saturated rings. The molecule has 271 valence electrons. The molecule has 1 atom stereocenters. The predicted molar refractivity (Wildman–Crippen MR) is 215 cm³/mol. The Morgan fingerprint density at radius 1 is 0.939 bits per heavy atom. The number of anilines is 1. The molecule has 1 radical (unpaired) electrons. The van der Waals surface area contributed by atoms with Crippen LogP contribution in [0.25, 0.3) is 5.57 Å². The van der Waals surface area contributed by atoms with Crippen LogP contribution in [-0.2, 0) is 32.7 Å². The van der Waals surface area contributed by atoms with E-state index in [1.54, 1.807) is 12.1 Å². The second kappa shape index (κ2) is 29.4. The standard InChI is InChI=1S/C30H34FN.C12H23.C2H6.CH3.H2O.Y/c1-6-28(24-17-19-26(31)20-18-24)30(25-13-9-7-10-14-25)29(22(4)21(2)3)23(5)32-27-15-11-8-12-16-27;1-5-8-12(4)10-7-9-11(3)6-2;1-2;;;/h7-9,11-13,15-21,32H,5-6,10,14H2,1-4H3;7,12H,3,5-6,8-10H2,1-2,4H3;1-2H3;1H3;1H2;/q;-1;;-1;;/b29-22+,30-28+;;;;;. The third-order valence-electron chi connectivity index (χ3n) is 8.35. The minimum Gasteiger partial charge on any atom is -0.412 e. The molecule has 1 unspecified atom stereocenters. The number of allylic oxidation sites excluding steroid dienone is 8. The first kappa shape index (κ1) is 51.0. The van der Waals surface area contributed by atoms with Crippen molar-refractivity contribution in [1.29, 1.82) is 0 Å². The third-order valence-corrected chi connectivity index (χ3v) is 8.35. The zero-order chi connectivity index (χ0) is 34.5. The van der Waals surface area contributed by atoms with Crippen LogP contribution in [0.5, 0.6) is 0 Å². The van der Waals surface area contributed by atoms with Gasteiger partial charge in [-0.3, -0.25) is 0 Å². The summed E-state index contributed by atoms with van der Waals surface area (Å²) in [6.07, 6.45) is 18.0. The summed E-state index contributed by atoms with van der Waals surface area (Å²) in [6.45, 7) is 28.0. The molecule has 2 aromatic carbocycles. The van der Waals surface area contributed by atoms with Gasteiger partial charge in [-0.1, -0.05) is 135 Å². The number of halogens is 1. The zero-order valence-electron chi connectivity index (χ0n) is 32.7. The summed E-state index contributed by atoms with van der Waals surface area (Å²) < 4.78 is 13.7. The molecule has 0 saturated carbocycles. The Morgan fingerprint density at radius 3 is 2.04 bits per heavy atom. The summed E-state index contributed by atoms with van der Waals surface area (Å²) in [5.74, 6) is 1.01. The monoisotopic (exact) mass is 746 g/mol. The second-order valence-corrected chi connectivity index (χ2v) is 12.3. The number of para-hydroxylation sites is 1. The van der Waals surface area contributed by atoms with Crippen LogP contribution in [0.2, 0.25) is 0 Å². The average Bonchev–Trinajstić information content (AvgIpc) is 3.07. The Morgan fingerprint density at radius 2 is 1.55 bits per heavy atom. The van der Waals surface area contributed by atoms with E-state index in [2.05, 4.69) is 104 Å². The van der Waals surface area contributed by atoms with Crippen molar-refractivity contribution in [1.82, 2.24) is 0 Å². The molecule has 0 aromatic heterocycles. The summed E-state index contributed by atoms with van der Waals surface area (Å²) in [7, 11) is 0.